The van der Waals surface area contributed by atoms with Crippen molar-refractivity contribution in [2.24, 2.45) is 68.0 Å². The van der Waals surface area contributed by atoms with Crippen LogP contribution in [0.3, 0.4) is 0 Å². The Bertz CT molecular complexity index is 1690. The van der Waals surface area contributed by atoms with Gasteiger partial charge < -0.3 is 20.5 Å². The van der Waals surface area contributed by atoms with Crippen molar-refractivity contribution in [3.05, 3.63) is 11.1 Å². The number of carbonyl (C=O) groups excluding carboxylic acids is 4. The van der Waals surface area contributed by atoms with E-state index in [1.165, 1.54) is 0 Å². The number of nitrogens with one attached hydrogen (secondary N) is 2. The van der Waals surface area contributed by atoms with Gasteiger partial charge in [-0.25, -0.2) is 0 Å². The lowest BCUT2D eigenvalue weighted by Crippen LogP contribution is -2.68. The number of amides is 2. The molecule has 6 saturated carbocycles. The summed E-state index contributed by atoms with van der Waals surface area (Å²) in [5.74, 6) is -1.38. The van der Waals surface area contributed by atoms with Crippen molar-refractivity contribution in [3.63, 3.8) is 0 Å². The molecule has 7 aliphatic carbocycles. The highest BCUT2D eigenvalue weighted by molar-refractivity contribution is 6.07. The van der Waals surface area contributed by atoms with E-state index >= 15 is 0 Å². The fourth-order valence-corrected chi connectivity index (χ4v) is 14.0. The molecule has 0 bridgehead atoms. The summed E-state index contributed by atoms with van der Waals surface area (Å²) in [6, 6.07) is 0.158. The van der Waals surface area contributed by atoms with Gasteiger partial charge in [0, 0.05) is 17.9 Å². The van der Waals surface area contributed by atoms with E-state index < -0.39 is 34.2 Å². The minimum atomic E-state index is -1.25. The van der Waals surface area contributed by atoms with Crippen molar-refractivity contribution in [1.82, 2.24) is 10.6 Å². The van der Waals surface area contributed by atoms with Crippen LogP contribution in [-0.2, 0) is 28.7 Å². The molecule has 0 saturated heterocycles. The summed E-state index contributed by atoms with van der Waals surface area (Å²) in [5.41, 5.74) is -0.841. The quantitative estimate of drug-likeness (QED) is 0.170. The number of esters is 1. The molecule has 0 aromatic carbocycles. The molecule has 9 heteroatoms. The van der Waals surface area contributed by atoms with Crippen LogP contribution in [0, 0.1) is 68.0 Å². The lowest BCUT2D eigenvalue weighted by molar-refractivity contribution is -0.235. The molecule has 0 unspecified atom stereocenters. The van der Waals surface area contributed by atoms with Gasteiger partial charge in [-0.2, -0.15) is 0 Å². The van der Waals surface area contributed by atoms with E-state index in [2.05, 4.69) is 59.1 Å². The van der Waals surface area contributed by atoms with E-state index in [4.69, 9.17) is 4.74 Å². The second kappa shape index (κ2) is 12.4. The minimum absolute atomic E-state index is 0.00285. The molecule has 7 rings (SSSR count). The SMILES string of the molecule is CC(C)C1=C2[C@H]3CC[C@@H]4[C@@]5(C)CC[C@H](OC(=O)[C@H]6C[C@@H](C(=O)O)C6(C)C)C(C)(C)[C@@H]5CC[C@@]4(C)[C@]3(C)CC[C@@]2(NC(=O)C(C)(C)C(=O)NC2CC2)CC1=O. The molecular weight excluding hydrogens is 681 g/mol. The third-order valence-electron chi connectivity index (χ3n) is 17.9. The molecule has 6 fully saturated rings. The lowest BCUT2D eigenvalue weighted by Gasteiger charge is -2.72. The predicted octanol–water partition coefficient (Wildman–Crippen LogP) is 7.80. The second-order valence-corrected chi connectivity index (χ2v) is 21.9. The zero-order chi connectivity index (χ0) is 39.8. The van der Waals surface area contributed by atoms with E-state index in [1.807, 2.05) is 13.8 Å². The average Bonchev–Trinajstić information content (AvgIpc) is 3.82. The van der Waals surface area contributed by atoms with Gasteiger partial charge in [0.15, 0.2) is 5.78 Å². The average molecular weight is 749 g/mol. The molecule has 3 N–H and O–H groups in total. The van der Waals surface area contributed by atoms with Crippen LogP contribution in [0.25, 0.3) is 0 Å². The molecule has 0 spiro atoms. The number of carboxylic acid groups (broad SMARTS) is 1. The number of ether oxygens (including phenoxy) is 1. The topological polar surface area (TPSA) is 139 Å². The van der Waals surface area contributed by atoms with E-state index in [1.54, 1.807) is 13.8 Å². The Kier molecular flexibility index (Phi) is 9.07. The maximum atomic E-state index is 14.2. The van der Waals surface area contributed by atoms with Gasteiger partial charge in [-0.3, -0.25) is 24.0 Å². The smallest absolute Gasteiger partial charge is 0.309 e. The van der Waals surface area contributed by atoms with Crippen molar-refractivity contribution in [3.8, 4) is 0 Å². The number of hydrogen-bond donors (Lipinski definition) is 3. The highest BCUT2D eigenvalue weighted by atomic mass is 16.5. The molecule has 2 amide bonds. The Morgan fingerprint density at radius 3 is 2.04 bits per heavy atom. The van der Waals surface area contributed by atoms with Crippen LogP contribution in [0.5, 0.6) is 0 Å². The van der Waals surface area contributed by atoms with Gasteiger partial charge in [-0.05, 0) is 141 Å². The second-order valence-electron chi connectivity index (χ2n) is 21.9. The number of allylic oxidation sites excluding steroid dienone is 1. The normalized spacial score (nSPS) is 42.1. The summed E-state index contributed by atoms with van der Waals surface area (Å²) in [6.07, 6.45) is 9.76. The summed E-state index contributed by atoms with van der Waals surface area (Å²) < 4.78 is 6.40. The third-order valence-corrected chi connectivity index (χ3v) is 17.9. The van der Waals surface area contributed by atoms with Crippen LogP contribution < -0.4 is 10.6 Å². The minimum Gasteiger partial charge on any atom is -0.481 e. The van der Waals surface area contributed by atoms with Crippen LogP contribution >= 0.6 is 0 Å². The molecule has 0 aliphatic heterocycles. The summed E-state index contributed by atoms with van der Waals surface area (Å²) >= 11 is 0. The molecule has 0 heterocycles. The summed E-state index contributed by atoms with van der Waals surface area (Å²) in [5, 5.41) is 16.1. The fraction of sp³-hybridized carbons (Fsp3) is 0.844. The van der Waals surface area contributed by atoms with E-state index in [9.17, 15) is 29.1 Å². The van der Waals surface area contributed by atoms with Gasteiger partial charge in [0.1, 0.15) is 11.5 Å². The number of rotatable bonds is 8. The lowest BCUT2D eigenvalue weighted by atomic mass is 9.33. The largest absolute Gasteiger partial charge is 0.481 e. The van der Waals surface area contributed by atoms with Crippen molar-refractivity contribution in [2.45, 2.75) is 171 Å². The summed E-state index contributed by atoms with van der Waals surface area (Å²) in [6.45, 7) is 23.5. The van der Waals surface area contributed by atoms with Crippen molar-refractivity contribution in [2.75, 3.05) is 0 Å². The van der Waals surface area contributed by atoms with E-state index in [0.29, 0.717) is 24.7 Å². The first-order valence-corrected chi connectivity index (χ1v) is 21.2. The Morgan fingerprint density at radius 1 is 0.778 bits per heavy atom. The van der Waals surface area contributed by atoms with Gasteiger partial charge in [-0.1, -0.05) is 62.3 Å². The first kappa shape index (κ1) is 39.5. The number of hydrogen-bond acceptors (Lipinski definition) is 6. The summed E-state index contributed by atoms with van der Waals surface area (Å²) in [4.78, 5) is 66.9. The van der Waals surface area contributed by atoms with Crippen molar-refractivity contribution < 1.29 is 33.8 Å². The molecule has 9 nitrogen and oxygen atoms in total. The Hall–Kier alpha value is -2.71. The number of carboxylic acids is 1. The molecule has 54 heavy (non-hydrogen) atoms. The number of carbonyl (C=O) groups is 5. The van der Waals surface area contributed by atoms with Crippen LogP contribution in [0.1, 0.15) is 153 Å². The highest BCUT2D eigenvalue weighted by Crippen LogP contribution is 2.76. The molecule has 10 atom stereocenters. The van der Waals surface area contributed by atoms with E-state index in [-0.39, 0.29) is 75.6 Å². The number of Topliss-reactive ketones (excluding diaryl/α,β-unsaturated/α-hetero) is 1. The monoisotopic (exact) mass is 749 g/mol. The van der Waals surface area contributed by atoms with Gasteiger partial charge >= 0.3 is 11.9 Å². The number of ketones is 1. The van der Waals surface area contributed by atoms with Gasteiger partial charge in [0.2, 0.25) is 11.8 Å². The summed E-state index contributed by atoms with van der Waals surface area (Å²) in [7, 11) is 0. The molecule has 0 aromatic heterocycles. The van der Waals surface area contributed by atoms with Gasteiger partial charge in [-0.15, -0.1) is 0 Å². The molecule has 7 aliphatic rings. The zero-order valence-corrected chi connectivity index (χ0v) is 35.0. The standard InChI is InChI=1S/C45H68N2O7/c1-24(2)33-29(48)23-45(47-38(53)41(7,8)37(52)46-25-12-13-25)21-20-43(10)26(34(33)45)14-15-31-42(9)18-17-32(40(5,6)30(42)16-19-44(31,43)11)54-36(51)28-22-27(35(49)50)39(28,3)4/h24-28,30-32H,12-23H2,1-11H3,(H,46,52)(H,47,53)(H,49,50)/t26-,27+,28-,30+,31-,32+,42+,43-,44-,45-/m1/s1. The molecule has 0 radical (unpaired) electrons. The Labute approximate surface area is 323 Å². The number of fused-ring (bicyclic) bond motifs is 7. The van der Waals surface area contributed by atoms with Crippen LogP contribution in [0.4, 0.5) is 0 Å². The molecule has 0 aromatic rings. The van der Waals surface area contributed by atoms with E-state index in [0.717, 1.165) is 68.9 Å². The van der Waals surface area contributed by atoms with Gasteiger partial charge in [0.05, 0.1) is 17.4 Å². The maximum absolute atomic E-state index is 14.2. The van der Waals surface area contributed by atoms with Crippen LogP contribution in [-0.4, -0.2) is 52.3 Å². The molecular formula is C45H68N2O7. The first-order valence-electron chi connectivity index (χ1n) is 21.2. The fourth-order valence-electron chi connectivity index (χ4n) is 14.0. The Morgan fingerprint density at radius 2 is 1.44 bits per heavy atom. The maximum Gasteiger partial charge on any atom is 0.309 e. The zero-order valence-electron chi connectivity index (χ0n) is 35.0. The van der Waals surface area contributed by atoms with Crippen molar-refractivity contribution in [1.29, 1.82) is 0 Å². The van der Waals surface area contributed by atoms with Crippen LogP contribution in [0.15, 0.2) is 11.1 Å². The van der Waals surface area contributed by atoms with Crippen LogP contribution in [0.2, 0.25) is 0 Å². The first-order chi connectivity index (χ1) is 24.9. The highest BCUT2D eigenvalue weighted by Gasteiger charge is 2.71. The molecule has 300 valence electrons. The Balaban J connectivity index is 1.15. The van der Waals surface area contributed by atoms with Gasteiger partial charge in [0.25, 0.3) is 0 Å². The van der Waals surface area contributed by atoms with Crippen molar-refractivity contribution >= 4 is 29.5 Å². The predicted molar refractivity (Wildman–Crippen MR) is 206 cm³/mol. The third kappa shape index (κ3) is 5.45. The number of aliphatic carboxylic acids is 1.